The van der Waals surface area contributed by atoms with Gasteiger partial charge in [-0.15, -0.1) is 0 Å². The van der Waals surface area contributed by atoms with Crippen molar-refractivity contribution in [2.24, 2.45) is 5.92 Å². The molecule has 76 valence electrons. The molecule has 0 heterocycles. The first kappa shape index (κ1) is 11.2. The van der Waals surface area contributed by atoms with Gasteiger partial charge in [0, 0.05) is 23.5 Å². The van der Waals surface area contributed by atoms with Crippen molar-refractivity contribution in [1.82, 2.24) is 0 Å². The molecular formula is C11H15NOS. The molecule has 0 bridgehead atoms. The van der Waals surface area contributed by atoms with Gasteiger partial charge in [-0.1, -0.05) is 25.2 Å². The van der Waals surface area contributed by atoms with Crippen LogP contribution >= 0.6 is 0 Å². The quantitative estimate of drug-likeness (QED) is 0.714. The Morgan fingerprint density at radius 3 is 2.93 bits per heavy atom. The molecule has 1 aliphatic carbocycles. The second-order valence-corrected chi connectivity index (χ2v) is 5.20. The van der Waals surface area contributed by atoms with Gasteiger partial charge in [-0.2, -0.15) is 5.26 Å². The van der Waals surface area contributed by atoms with Gasteiger partial charge >= 0.3 is 0 Å². The van der Waals surface area contributed by atoms with Gasteiger partial charge in [0.05, 0.1) is 11.3 Å². The third kappa shape index (κ3) is 2.81. The van der Waals surface area contributed by atoms with E-state index in [0.29, 0.717) is 12.3 Å². The highest BCUT2D eigenvalue weighted by Gasteiger charge is 2.14. The summed E-state index contributed by atoms with van der Waals surface area (Å²) < 4.78 is 11.2. The third-order valence-corrected chi connectivity index (χ3v) is 3.68. The molecule has 1 aliphatic rings. The highest BCUT2D eigenvalue weighted by molar-refractivity contribution is 7.85. The number of nitriles is 1. The van der Waals surface area contributed by atoms with Crippen LogP contribution in [0.4, 0.5) is 0 Å². The van der Waals surface area contributed by atoms with E-state index in [1.165, 1.54) is 5.57 Å². The summed E-state index contributed by atoms with van der Waals surface area (Å²) in [5, 5.41) is 8.72. The molecule has 0 N–H and O–H groups in total. The Morgan fingerprint density at radius 2 is 2.50 bits per heavy atom. The average molecular weight is 209 g/mol. The molecule has 0 saturated heterocycles. The number of rotatable bonds is 3. The minimum absolute atomic E-state index is 0.160. The Kier molecular flexibility index (Phi) is 4.09. The molecule has 2 nitrogen and oxygen atoms in total. The molecule has 0 spiro atoms. The molecule has 3 atom stereocenters. The van der Waals surface area contributed by atoms with E-state index < -0.39 is 10.8 Å². The van der Waals surface area contributed by atoms with E-state index in [2.05, 4.69) is 12.1 Å². The van der Waals surface area contributed by atoms with E-state index in [1.54, 1.807) is 6.26 Å². The normalized spacial score (nSPS) is 24.9. The summed E-state index contributed by atoms with van der Waals surface area (Å²) in [6.45, 7) is 2.04. The van der Waals surface area contributed by atoms with Crippen LogP contribution in [-0.2, 0) is 10.8 Å². The highest BCUT2D eigenvalue weighted by Crippen LogP contribution is 2.22. The number of hydrogen-bond donors (Lipinski definition) is 0. The first-order valence-corrected chi connectivity index (χ1v) is 6.34. The molecule has 0 aromatic carbocycles. The van der Waals surface area contributed by atoms with E-state index >= 15 is 0 Å². The molecule has 0 aromatic rings. The topological polar surface area (TPSA) is 40.9 Å². The standard InChI is InChI=1S/C11H15NOS/c1-9(7-8-12)10-3-5-11(6-4-10)14(2)13/h3-5,9,11H,6-7H2,1-2H3. The molecule has 0 amide bonds. The molecule has 1 rings (SSSR count). The second-order valence-electron chi connectivity index (χ2n) is 3.60. The van der Waals surface area contributed by atoms with Gasteiger partial charge in [-0.25, -0.2) is 0 Å². The Balaban J connectivity index is 2.59. The van der Waals surface area contributed by atoms with Gasteiger partial charge in [0.2, 0.25) is 0 Å². The van der Waals surface area contributed by atoms with Crippen LogP contribution in [0, 0.1) is 17.2 Å². The molecule has 3 unspecified atom stereocenters. The van der Waals surface area contributed by atoms with E-state index in [1.807, 2.05) is 19.1 Å². The summed E-state index contributed by atoms with van der Waals surface area (Å²) in [6, 6.07) is 2.16. The van der Waals surface area contributed by atoms with Crippen LogP contribution in [0.5, 0.6) is 0 Å². The number of hydrogen-bond acceptors (Lipinski definition) is 2. The summed E-state index contributed by atoms with van der Waals surface area (Å²) in [5.41, 5.74) is 1.20. The fraction of sp³-hybridized carbons (Fsp3) is 0.545. The van der Waals surface area contributed by atoms with Gasteiger partial charge in [-0.05, 0) is 17.9 Å². The van der Waals surface area contributed by atoms with Crippen molar-refractivity contribution in [2.75, 3.05) is 6.26 Å². The summed E-state index contributed by atoms with van der Waals surface area (Å²) in [5.74, 6) is 0.294. The minimum atomic E-state index is -0.780. The SMILES string of the molecule is CC(CC#N)C1=CCC(S(C)=O)C=C1. The molecule has 3 heteroatoms. The van der Waals surface area contributed by atoms with Crippen molar-refractivity contribution < 1.29 is 4.21 Å². The largest absolute Gasteiger partial charge is 0.259 e. The smallest absolute Gasteiger partial charge is 0.0628 e. The summed E-state index contributed by atoms with van der Waals surface area (Å²) in [7, 11) is -0.780. The zero-order chi connectivity index (χ0) is 10.6. The molecule has 0 aliphatic heterocycles. The van der Waals surface area contributed by atoms with Crippen molar-refractivity contribution in [3.05, 3.63) is 23.8 Å². The predicted molar refractivity (Wildman–Crippen MR) is 59.1 cm³/mol. The van der Waals surface area contributed by atoms with Crippen LogP contribution in [0.1, 0.15) is 19.8 Å². The zero-order valence-electron chi connectivity index (χ0n) is 8.56. The van der Waals surface area contributed by atoms with E-state index in [4.69, 9.17) is 5.26 Å². The Morgan fingerprint density at radius 1 is 1.79 bits per heavy atom. The Bertz CT molecular complexity index is 325. The van der Waals surface area contributed by atoms with Crippen LogP contribution in [-0.4, -0.2) is 15.7 Å². The van der Waals surface area contributed by atoms with Crippen molar-refractivity contribution in [3.63, 3.8) is 0 Å². The van der Waals surface area contributed by atoms with Crippen LogP contribution in [0.2, 0.25) is 0 Å². The van der Waals surface area contributed by atoms with Crippen LogP contribution in [0.15, 0.2) is 23.8 Å². The van der Waals surface area contributed by atoms with Crippen molar-refractivity contribution in [3.8, 4) is 6.07 Å². The monoisotopic (exact) mass is 209 g/mol. The lowest BCUT2D eigenvalue weighted by Gasteiger charge is -2.16. The van der Waals surface area contributed by atoms with E-state index in [9.17, 15) is 4.21 Å². The lowest BCUT2D eigenvalue weighted by atomic mass is 9.93. The third-order valence-electron chi connectivity index (χ3n) is 2.48. The molecule has 0 saturated carbocycles. The van der Waals surface area contributed by atoms with Gasteiger partial charge in [0.25, 0.3) is 0 Å². The maximum absolute atomic E-state index is 11.2. The van der Waals surface area contributed by atoms with Crippen molar-refractivity contribution in [2.45, 2.75) is 25.0 Å². The van der Waals surface area contributed by atoms with Crippen molar-refractivity contribution >= 4 is 10.8 Å². The first-order chi connectivity index (χ1) is 6.65. The molecule has 0 aromatic heterocycles. The summed E-state index contributed by atoms with van der Waals surface area (Å²) in [6.07, 6.45) is 9.23. The van der Waals surface area contributed by atoms with Crippen LogP contribution in [0.25, 0.3) is 0 Å². The van der Waals surface area contributed by atoms with Gasteiger partial charge in [0.1, 0.15) is 0 Å². The lowest BCUT2D eigenvalue weighted by Crippen LogP contribution is -2.13. The summed E-state index contributed by atoms with van der Waals surface area (Å²) >= 11 is 0. The minimum Gasteiger partial charge on any atom is -0.259 e. The predicted octanol–water partition coefficient (Wildman–Crippen LogP) is 2.17. The van der Waals surface area contributed by atoms with Gasteiger partial charge in [-0.3, -0.25) is 4.21 Å². The Hall–Kier alpha value is -0.880. The van der Waals surface area contributed by atoms with Crippen LogP contribution in [0.3, 0.4) is 0 Å². The fourth-order valence-corrected chi connectivity index (χ4v) is 2.15. The van der Waals surface area contributed by atoms with Gasteiger partial charge in [0.15, 0.2) is 0 Å². The fourth-order valence-electron chi connectivity index (χ4n) is 1.48. The molecular weight excluding hydrogens is 194 g/mol. The maximum atomic E-state index is 11.2. The summed E-state index contributed by atoms with van der Waals surface area (Å²) in [4.78, 5) is 0. The first-order valence-electron chi connectivity index (χ1n) is 4.72. The molecule has 0 radical (unpaired) electrons. The zero-order valence-corrected chi connectivity index (χ0v) is 9.38. The van der Waals surface area contributed by atoms with Crippen molar-refractivity contribution in [1.29, 1.82) is 5.26 Å². The number of nitrogens with zero attached hydrogens (tertiary/aromatic N) is 1. The Labute approximate surface area is 87.8 Å². The van der Waals surface area contributed by atoms with Crippen LogP contribution < -0.4 is 0 Å². The highest BCUT2D eigenvalue weighted by atomic mass is 32.2. The molecule has 0 fully saturated rings. The van der Waals surface area contributed by atoms with Gasteiger partial charge < -0.3 is 0 Å². The van der Waals surface area contributed by atoms with E-state index in [-0.39, 0.29) is 5.25 Å². The maximum Gasteiger partial charge on any atom is 0.0628 e. The lowest BCUT2D eigenvalue weighted by molar-refractivity contribution is 0.677. The average Bonchev–Trinajstić information content (AvgIpc) is 2.18. The second kappa shape index (κ2) is 5.11. The number of allylic oxidation sites excluding steroid dienone is 3. The van der Waals surface area contributed by atoms with E-state index in [0.717, 1.165) is 6.42 Å². The molecule has 14 heavy (non-hydrogen) atoms.